The van der Waals surface area contributed by atoms with Crippen LogP contribution in [0.15, 0.2) is 0 Å². The average molecular weight is 208 g/mol. The first-order valence-electron chi connectivity index (χ1n) is 4.15. The van der Waals surface area contributed by atoms with Gasteiger partial charge in [0.2, 0.25) is 0 Å². The lowest BCUT2D eigenvalue weighted by Crippen LogP contribution is -2.45. The third-order valence-electron chi connectivity index (χ3n) is 1.83. The summed E-state index contributed by atoms with van der Waals surface area (Å²) in [6.45, 7) is 2.46. The number of hydrogen-bond acceptors (Lipinski definition) is 4. The highest BCUT2D eigenvalue weighted by Gasteiger charge is 2.24. The summed E-state index contributed by atoms with van der Waals surface area (Å²) in [5.41, 5.74) is 0. The fourth-order valence-electron chi connectivity index (χ4n) is 1.18. The van der Waals surface area contributed by atoms with Gasteiger partial charge in [0.05, 0.1) is 13.2 Å². The van der Waals surface area contributed by atoms with E-state index in [0.29, 0.717) is 26.0 Å². The van der Waals surface area contributed by atoms with E-state index in [9.17, 15) is 9.59 Å². The summed E-state index contributed by atoms with van der Waals surface area (Å²) in [5.74, 6) is -0.0828. The van der Waals surface area contributed by atoms with Gasteiger partial charge in [0.15, 0.2) is 0 Å². The van der Waals surface area contributed by atoms with Gasteiger partial charge in [0.1, 0.15) is 11.8 Å². The monoisotopic (exact) mass is 207 g/mol. The highest BCUT2D eigenvalue weighted by molar-refractivity contribution is 5.85. The Balaban J connectivity index is 0.00000144. The Kier molecular flexibility index (Phi) is 5.66. The van der Waals surface area contributed by atoms with Crippen molar-refractivity contribution in [2.45, 2.75) is 25.8 Å². The van der Waals surface area contributed by atoms with E-state index in [-0.39, 0.29) is 30.2 Å². The van der Waals surface area contributed by atoms with Gasteiger partial charge in [0.25, 0.3) is 0 Å². The second-order valence-corrected chi connectivity index (χ2v) is 2.76. The fraction of sp³-hybridized carbons (Fsp3) is 0.750. The average Bonchev–Trinajstić information content (AvgIpc) is 2.06. The number of hydrogen-bond donors (Lipinski definition) is 1. The van der Waals surface area contributed by atoms with Crippen molar-refractivity contribution < 1.29 is 14.3 Å². The Morgan fingerprint density at radius 3 is 2.85 bits per heavy atom. The van der Waals surface area contributed by atoms with E-state index in [1.165, 1.54) is 0 Å². The zero-order chi connectivity index (χ0) is 8.97. The molecule has 5 heteroatoms. The molecule has 1 atom stereocenters. The van der Waals surface area contributed by atoms with Crippen LogP contribution in [0.3, 0.4) is 0 Å². The van der Waals surface area contributed by atoms with Gasteiger partial charge in [-0.3, -0.25) is 14.9 Å². The second-order valence-electron chi connectivity index (χ2n) is 2.76. The number of nitrogens with one attached hydrogen (secondary N) is 1. The molecule has 0 aromatic rings. The van der Waals surface area contributed by atoms with Crippen molar-refractivity contribution in [3.63, 3.8) is 0 Å². The van der Waals surface area contributed by atoms with Crippen LogP contribution >= 0.6 is 12.4 Å². The van der Waals surface area contributed by atoms with Crippen LogP contribution < -0.4 is 5.32 Å². The third-order valence-corrected chi connectivity index (χ3v) is 1.83. The summed E-state index contributed by atoms with van der Waals surface area (Å²) < 4.78 is 4.80. The Hall–Kier alpha value is -0.610. The first kappa shape index (κ1) is 12.4. The molecule has 0 aliphatic carbocycles. The molecule has 1 N–H and O–H groups in total. The minimum absolute atomic E-state index is 0. The maximum absolute atomic E-state index is 11.1. The van der Waals surface area contributed by atoms with E-state index < -0.39 is 0 Å². The number of Topliss-reactive ketones (excluding diaryl/α,β-unsaturated/α-hetero) is 1. The Bertz CT molecular complexity index is 186. The predicted octanol–water partition coefficient (Wildman–Crippen LogP) is 0.292. The molecule has 4 nitrogen and oxygen atoms in total. The molecular formula is C8H14ClNO3. The molecule has 1 rings (SSSR count). The van der Waals surface area contributed by atoms with E-state index in [1.807, 2.05) is 0 Å². The minimum atomic E-state index is -0.275. The molecule has 0 aromatic carbocycles. The molecule has 0 radical (unpaired) electrons. The summed E-state index contributed by atoms with van der Waals surface area (Å²) >= 11 is 0. The van der Waals surface area contributed by atoms with E-state index in [4.69, 9.17) is 4.74 Å². The second kappa shape index (κ2) is 5.94. The SMILES string of the molecule is CCOC(=O)[C@H]1CCC(=O)CN1.Cl. The maximum atomic E-state index is 11.1. The van der Waals surface area contributed by atoms with Crippen LogP contribution in [0, 0.1) is 0 Å². The number of esters is 1. The maximum Gasteiger partial charge on any atom is 0.323 e. The number of piperidine rings is 1. The standard InChI is InChI=1S/C8H13NO3.ClH/c1-2-12-8(11)7-4-3-6(10)5-9-7;/h7,9H,2-5H2,1H3;1H/t7-;/m1./s1. The molecule has 0 saturated carbocycles. The number of rotatable bonds is 2. The Labute approximate surface area is 83.4 Å². The fourth-order valence-corrected chi connectivity index (χ4v) is 1.18. The van der Waals surface area contributed by atoms with E-state index >= 15 is 0 Å². The molecule has 0 aromatic heterocycles. The van der Waals surface area contributed by atoms with Gasteiger partial charge in [-0.1, -0.05) is 0 Å². The van der Waals surface area contributed by atoms with Crippen molar-refractivity contribution in [2.75, 3.05) is 13.2 Å². The summed E-state index contributed by atoms with van der Waals surface area (Å²) in [4.78, 5) is 21.9. The molecule has 1 fully saturated rings. The number of ketones is 1. The van der Waals surface area contributed by atoms with Crippen molar-refractivity contribution in [3.05, 3.63) is 0 Å². The highest BCUT2D eigenvalue weighted by atomic mass is 35.5. The van der Waals surface area contributed by atoms with E-state index in [0.717, 1.165) is 0 Å². The molecule has 0 bridgehead atoms. The van der Waals surface area contributed by atoms with Crippen LogP contribution in [0.1, 0.15) is 19.8 Å². The summed E-state index contributed by atoms with van der Waals surface area (Å²) in [5, 5.41) is 2.83. The van der Waals surface area contributed by atoms with Gasteiger partial charge in [-0.2, -0.15) is 0 Å². The number of carbonyl (C=O) groups excluding carboxylic acids is 2. The zero-order valence-electron chi connectivity index (χ0n) is 7.54. The molecule has 0 amide bonds. The number of halogens is 1. The predicted molar refractivity (Wildman–Crippen MR) is 49.9 cm³/mol. The molecular weight excluding hydrogens is 194 g/mol. The first-order valence-corrected chi connectivity index (χ1v) is 4.15. The number of ether oxygens (including phenoxy) is 1. The van der Waals surface area contributed by atoms with E-state index in [2.05, 4.69) is 5.32 Å². The van der Waals surface area contributed by atoms with Crippen molar-refractivity contribution >= 4 is 24.2 Å². The Morgan fingerprint density at radius 2 is 2.38 bits per heavy atom. The van der Waals surface area contributed by atoms with Gasteiger partial charge >= 0.3 is 5.97 Å². The van der Waals surface area contributed by atoms with Crippen LogP contribution in [0.4, 0.5) is 0 Å². The van der Waals surface area contributed by atoms with Gasteiger partial charge in [-0.25, -0.2) is 0 Å². The highest BCUT2D eigenvalue weighted by Crippen LogP contribution is 2.05. The van der Waals surface area contributed by atoms with Gasteiger partial charge in [0, 0.05) is 6.42 Å². The van der Waals surface area contributed by atoms with Crippen LogP contribution in [0.25, 0.3) is 0 Å². The summed E-state index contributed by atoms with van der Waals surface area (Å²) in [7, 11) is 0. The first-order chi connectivity index (χ1) is 5.74. The van der Waals surface area contributed by atoms with Crippen molar-refractivity contribution in [1.29, 1.82) is 0 Å². The minimum Gasteiger partial charge on any atom is -0.465 e. The molecule has 1 aliphatic heterocycles. The molecule has 1 saturated heterocycles. The normalized spacial score (nSPS) is 21.9. The largest absolute Gasteiger partial charge is 0.465 e. The smallest absolute Gasteiger partial charge is 0.323 e. The van der Waals surface area contributed by atoms with Crippen molar-refractivity contribution in [3.8, 4) is 0 Å². The quantitative estimate of drug-likeness (QED) is 0.662. The van der Waals surface area contributed by atoms with Crippen LogP contribution in [-0.4, -0.2) is 30.9 Å². The topological polar surface area (TPSA) is 55.4 Å². The summed E-state index contributed by atoms with van der Waals surface area (Å²) in [6.07, 6.45) is 1.05. The van der Waals surface area contributed by atoms with Crippen molar-refractivity contribution in [2.24, 2.45) is 0 Å². The van der Waals surface area contributed by atoms with Crippen LogP contribution in [-0.2, 0) is 14.3 Å². The van der Waals surface area contributed by atoms with Gasteiger partial charge in [-0.05, 0) is 13.3 Å². The van der Waals surface area contributed by atoms with Gasteiger partial charge in [-0.15, -0.1) is 12.4 Å². The molecule has 0 spiro atoms. The van der Waals surface area contributed by atoms with Crippen LogP contribution in [0.2, 0.25) is 0 Å². The van der Waals surface area contributed by atoms with Crippen molar-refractivity contribution in [1.82, 2.24) is 5.32 Å². The molecule has 13 heavy (non-hydrogen) atoms. The molecule has 76 valence electrons. The Morgan fingerprint density at radius 1 is 1.69 bits per heavy atom. The number of carbonyl (C=O) groups is 2. The lowest BCUT2D eigenvalue weighted by Gasteiger charge is -2.20. The lowest BCUT2D eigenvalue weighted by molar-refractivity contribution is -0.146. The van der Waals surface area contributed by atoms with Gasteiger partial charge < -0.3 is 4.74 Å². The third kappa shape index (κ3) is 3.74. The zero-order valence-corrected chi connectivity index (χ0v) is 8.36. The summed E-state index contributed by atoms with van der Waals surface area (Å²) in [6, 6.07) is -0.275. The molecule has 0 unspecified atom stereocenters. The van der Waals surface area contributed by atoms with E-state index in [1.54, 1.807) is 6.92 Å². The van der Waals surface area contributed by atoms with Crippen LogP contribution in [0.5, 0.6) is 0 Å². The lowest BCUT2D eigenvalue weighted by atomic mass is 10.0. The molecule has 1 aliphatic rings. The molecule has 1 heterocycles.